The lowest BCUT2D eigenvalue weighted by Crippen LogP contribution is -2.23. The highest BCUT2D eigenvalue weighted by Crippen LogP contribution is 2.25. The Labute approximate surface area is 145 Å². The van der Waals surface area contributed by atoms with Crippen molar-refractivity contribution in [3.63, 3.8) is 0 Å². The van der Waals surface area contributed by atoms with Crippen LogP contribution in [0.5, 0.6) is 0 Å². The van der Waals surface area contributed by atoms with Crippen LogP contribution in [-0.4, -0.2) is 11.8 Å². The molecule has 22 heavy (non-hydrogen) atoms. The Hall–Kier alpha value is -1.24. The van der Waals surface area contributed by atoms with Gasteiger partial charge in [-0.3, -0.25) is 4.79 Å². The number of halogens is 3. The quantitative estimate of drug-likeness (QED) is 0.549. The molecule has 1 amide bonds. The molecule has 0 fully saturated rings. The molecular weight excluding hydrogens is 391 g/mol. The lowest BCUT2D eigenvalue weighted by atomic mass is 10.2. The first kappa shape index (κ1) is 17.1. The van der Waals surface area contributed by atoms with Crippen LogP contribution >= 0.6 is 39.5 Å². The van der Waals surface area contributed by atoms with Gasteiger partial charge in [-0.1, -0.05) is 12.1 Å². The molecule has 0 radical (unpaired) electrons. The maximum atomic E-state index is 13.4. The number of rotatable bonds is 6. The summed E-state index contributed by atoms with van der Waals surface area (Å²) in [6, 6.07) is 12.5. The van der Waals surface area contributed by atoms with E-state index in [1.54, 1.807) is 6.07 Å². The molecule has 0 aromatic heterocycles. The third-order valence-electron chi connectivity index (χ3n) is 2.74. The molecule has 0 saturated heterocycles. The summed E-state index contributed by atoms with van der Waals surface area (Å²) in [5, 5.41) is 2.69. The van der Waals surface area contributed by atoms with Crippen LogP contribution in [0.15, 0.2) is 51.8 Å². The van der Waals surface area contributed by atoms with E-state index in [1.807, 2.05) is 30.3 Å². The van der Waals surface area contributed by atoms with Crippen LogP contribution in [-0.2, 0) is 11.3 Å². The average Bonchev–Trinajstić information content (AvgIpc) is 2.54. The topological polar surface area (TPSA) is 41.1 Å². The number of benzene rings is 2. The zero-order chi connectivity index (χ0) is 15.9. The Kier molecular flexibility index (Phi) is 6.54. The van der Waals surface area contributed by atoms with Crippen LogP contribution in [0, 0.1) is 5.82 Å². The summed E-state index contributed by atoms with van der Waals surface area (Å²) in [5.74, 6) is -0.533. The lowest BCUT2D eigenvalue weighted by Gasteiger charge is -2.08. The van der Waals surface area contributed by atoms with Gasteiger partial charge in [0.2, 0.25) is 5.91 Å². The van der Waals surface area contributed by atoms with Crippen LogP contribution in [0.1, 0.15) is 5.56 Å². The van der Waals surface area contributed by atoms with Gasteiger partial charge >= 0.3 is 0 Å². The van der Waals surface area contributed by atoms with Crippen LogP contribution < -0.4 is 10.0 Å². The molecular formula is C15H13BrClFN2OS. The summed E-state index contributed by atoms with van der Waals surface area (Å²) in [4.78, 5) is 11.8. The van der Waals surface area contributed by atoms with Crippen molar-refractivity contribution >= 4 is 51.1 Å². The second-order valence-electron chi connectivity index (χ2n) is 4.39. The van der Waals surface area contributed by atoms with Gasteiger partial charge in [0.05, 0.1) is 4.47 Å². The minimum Gasteiger partial charge on any atom is -0.351 e. The van der Waals surface area contributed by atoms with Gasteiger partial charge < -0.3 is 10.0 Å². The Morgan fingerprint density at radius 3 is 2.59 bits per heavy atom. The third-order valence-corrected chi connectivity index (χ3v) is 4.46. The van der Waals surface area contributed by atoms with E-state index in [1.165, 1.54) is 18.0 Å². The van der Waals surface area contributed by atoms with Gasteiger partial charge in [0, 0.05) is 17.1 Å². The Balaban J connectivity index is 1.88. The maximum absolute atomic E-state index is 13.4. The maximum Gasteiger partial charge on any atom is 0.235 e. The first-order valence-corrected chi connectivity index (χ1v) is 8.52. The van der Waals surface area contributed by atoms with Crippen molar-refractivity contribution in [2.75, 3.05) is 10.6 Å². The SMILES string of the molecule is O=C(CCl)NCc1ccc(NSc2ccc(Br)c(F)c2)cc1. The summed E-state index contributed by atoms with van der Waals surface area (Å²) < 4.78 is 17.0. The van der Waals surface area contributed by atoms with Gasteiger partial charge in [-0.15, -0.1) is 11.6 Å². The van der Waals surface area contributed by atoms with Crippen molar-refractivity contribution in [1.82, 2.24) is 5.32 Å². The standard InChI is InChI=1S/C15H13BrClFN2OS/c16-13-6-5-12(7-14(13)18)22-20-11-3-1-10(2-4-11)9-19-15(21)8-17/h1-7,20H,8-9H2,(H,19,21). The fourth-order valence-electron chi connectivity index (χ4n) is 1.60. The molecule has 2 aromatic rings. The molecule has 2 rings (SSSR count). The average molecular weight is 404 g/mol. The highest BCUT2D eigenvalue weighted by Gasteiger charge is 2.02. The van der Waals surface area contributed by atoms with Gasteiger partial charge in [0.1, 0.15) is 11.7 Å². The fourth-order valence-corrected chi connectivity index (χ4v) is 2.61. The Morgan fingerprint density at radius 1 is 1.23 bits per heavy atom. The molecule has 0 unspecified atom stereocenters. The number of anilines is 1. The molecule has 3 nitrogen and oxygen atoms in total. The summed E-state index contributed by atoms with van der Waals surface area (Å²) in [6.45, 7) is 0.441. The van der Waals surface area contributed by atoms with E-state index in [0.29, 0.717) is 11.0 Å². The minimum atomic E-state index is -0.294. The molecule has 0 aliphatic rings. The second kappa shape index (κ2) is 8.41. The molecule has 2 aromatic carbocycles. The number of hydrogen-bond donors (Lipinski definition) is 2. The van der Waals surface area contributed by atoms with Crippen molar-refractivity contribution < 1.29 is 9.18 Å². The monoisotopic (exact) mass is 402 g/mol. The molecule has 0 spiro atoms. The number of carbonyl (C=O) groups is 1. The van der Waals surface area contributed by atoms with E-state index in [2.05, 4.69) is 26.0 Å². The summed E-state index contributed by atoms with van der Waals surface area (Å²) in [5.41, 5.74) is 1.87. The fraction of sp³-hybridized carbons (Fsp3) is 0.133. The van der Waals surface area contributed by atoms with Gasteiger partial charge in [-0.05, 0) is 63.8 Å². The van der Waals surface area contributed by atoms with E-state index in [0.717, 1.165) is 16.1 Å². The first-order valence-electron chi connectivity index (χ1n) is 6.38. The molecule has 0 saturated carbocycles. The smallest absolute Gasteiger partial charge is 0.235 e. The molecule has 0 atom stereocenters. The molecule has 2 N–H and O–H groups in total. The van der Waals surface area contributed by atoms with E-state index in [-0.39, 0.29) is 17.6 Å². The van der Waals surface area contributed by atoms with Crippen LogP contribution in [0.4, 0.5) is 10.1 Å². The van der Waals surface area contributed by atoms with Crippen molar-refractivity contribution in [3.8, 4) is 0 Å². The zero-order valence-electron chi connectivity index (χ0n) is 11.4. The molecule has 0 aliphatic heterocycles. The number of hydrogen-bond acceptors (Lipinski definition) is 3. The number of nitrogens with one attached hydrogen (secondary N) is 2. The number of carbonyl (C=O) groups excluding carboxylic acids is 1. The highest BCUT2D eigenvalue weighted by molar-refractivity contribution is 9.10. The first-order chi connectivity index (χ1) is 10.6. The molecule has 116 valence electrons. The second-order valence-corrected chi connectivity index (χ2v) is 6.39. The lowest BCUT2D eigenvalue weighted by molar-refractivity contribution is -0.118. The van der Waals surface area contributed by atoms with Crippen molar-refractivity contribution in [2.24, 2.45) is 0 Å². The molecule has 0 heterocycles. The number of amides is 1. The van der Waals surface area contributed by atoms with E-state index < -0.39 is 0 Å². The number of alkyl halides is 1. The van der Waals surface area contributed by atoms with Crippen LogP contribution in [0.3, 0.4) is 0 Å². The summed E-state index contributed by atoms with van der Waals surface area (Å²) >= 11 is 9.86. The predicted octanol–water partition coefficient (Wildman–Crippen LogP) is 4.56. The third kappa shape index (κ3) is 5.19. The van der Waals surface area contributed by atoms with E-state index in [4.69, 9.17) is 11.6 Å². The minimum absolute atomic E-state index is 0.0416. The normalized spacial score (nSPS) is 10.3. The van der Waals surface area contributed by atoms with E-state index >= 15 is 0 Å². The summed E-state index contributed by atoms with van der Waals surface area (Å²) in [6.07, 6.45) is 0. The van der Waals surface area contributed by atoms with Crippen molar-refractivity contribution in [3.05, 3.63) is 58.3 Å². The Bertz CT molecular complexity index is 654. The summed E-state index contributed by atoms with van der Waals surface area (Å²) in [7, 11) is 0. The van der Waals surface area contributed by atoms with Gasteiger partial charge in [-0.2, -0.15) is 0 Å². The molecule has 0 aliphatic carbocycles. The van der Waals surface area contributed by atoms with Gasteiger partial charge in [0.25, 0.3) is 0 Å². The molecule has 7 heteroatoms. The van der Waals surface area contributed by atoms with E-state index in [9.17, 15) is 9.18 Å². The van der Waals surface area contributed by atoms with Crippen molar-refractivity contribution in [2.45, 2.75) is 11.4 Å². The van der Waals surface area contributed by atoms with Gasteiger partial charge in [0.15, 0.2) is 0 Å². The largest absolute Gasteiger partial charge is 0.351 e. The Morgan fingerprint density at radius 2 is 1.95 bits per heavy atom. The molecule has 0 bridgehead atoms. The predicted molar refractivity (Wildman–Crippen MR) is 92.6 cm³/mol. The van der Waals surface area contributed by atoms with Crippen LogP contribution in [0.2, 0.25) is 0 Å². The highest BCUT2D eigenvalue weighted by atomic mass is 79.9. The van der Waals surface area contributed by atoms with Gasteiger partial charge in [-0.25, -0.2) is 4.39 Å². The van der Waals surface area contributed by atoms with Crippen LogP contribution in [0.25, 0.3) is 0 Å². The van der Waals surface area contributed by atoms with Crippen molar-refractivity contribution in [1.29, 1.82) is 0 Å². The zero-order valence-corrected chi connectivity index (χ0v) is 14.6.